The lowest BCUT2D eigenvalue weighted by Crippen LogP contribution is -2.27. The number of aromatic nitrogens is 4. The zero-order chi connectivity index (χ0) is 16.2. The summed E-state index contributed by atoms with van der Waals surface area (Å²) >= 11 is 0. The molecule has 7 nitrogen and oxygen atoms in total. The lowest BCUT2D eigenvalue weighted by atomic mass is 10.1. The standard InChI is InChI=1S/C16H20N6O/c1-22(2)13(11-5-4-6-12(7-11)23-3)8-17-15-14-16(19-9-18-14)21-10-20-15/h4-7,9-10,13H,8H2,1-3H3,(H2,17,18,19,20,21). The SMILES string of the molecule is COc1cccc(C(CNc2ncnc3nc[nH]c23)N(C)C)c1. The first kappa shape index (κ1) is 15.2. The maximum Gasteiger partial charge on any atom is 0.182 e. The van der Waals surface area contributed by atoms with Crippen molar-refractivity contribution in [2.75, 3.05) is 33.1 Å². The van der Waals surface area contributed by atoms with E-state index in [-0.39, 0.29) is 6.04 Å². The number of fused-ring (bicyclic) bond motifs is 1. The van der Waals surface area contributed by atoms with Crippen molar-refractivity contribution in [2.45, 2.75) is 6.04 Å². The van der Waals surface area contributed by atoms with Gasteiger partial charge in [0.25, 0.3) is 0 Å². The van der Waals surface area contributed by atoms with E-state index in [1.165, 1.54) is 11.9 Å². The number of benzene rings is 1. The molecule has 0 bridgehead atoms. The molecule has 0 amide bonds. The number of likely N-dealkylation sites (N-methyl/N-ethyl adjacent to an activating group) is 1. The third-order valence-electron chi connectivity index (χ3n) is 3.79. The van der Waals surface area contributed by atoms with E-state index >= 15 is 0 Å². The number of aromatic amines is 1. The van der Waals surface area contributed by atoms with E-state index in [0.717, 1.165) is 17.1 Å². The third kappa shape index (κ3) is 3.24. The lowest BCUT2D eigenvalue weighted by molar-refractivity contribution is 0.310. The average Bonchev–Trinajstić information content (AvgIpc) is 3.04. The van der Waals surface area contributed by atoms with Gasteiger partial charge in [0.15, 0.2) is 11.5 Å². The first-order chi connectivity index (χ1) is 11.2. The minimum atomic E-state index is 0.179. The number of nitrogens with one attached hydrogen (secondary N) is 2. The van der Waals surface area contributed by atoms with Gasteiger partial charge < -0.3 is 19.9 Å². The van der Waals surface area contributed by atoms with Crippen LogP contribution in [0.3, 0.4) is 0 Å². The van der Waals surface area contributed by atoms with Crippen molar-refractivity contribution in [3.63, 3.8) is 0 Å². The fourth-order valence-electron chi connectivity index (χ4n) is 2.54. The van der Waals surface area contributed by atoms with Crippen LogP contribution in [0.5, 0.6) is 5.75 Å². The Labute approximate surface area is 134 Å². The average molecular weight is 312 g/mol. The highest BCUT2D eigenvalue weighted by atomic mass is 16.5. The van der Waals surface area contributed by atoms with Gasteiger partial charge in [0, 0.05) is 6.54 Å². The molecule has 0 radical (unpaired) electrons. The molecule has 0 saturated carbocycles. The lowest BCUT2D eigenvalue weighted by Gasteiger charge is -2.25. The Bertz CT molecular complexity index is 785. The van der Waals surface area contributed by atoms with E-state index in [4.69, 9.17) is 4.74 Å². The van der Waals surface area contributed by atoms with Crippen LogP contribution in [-0.4, -0.2) is 52.6 Å². The molecular formula is C16H20N6O. The van der Waals surface area contributed by atoms with Crippen LogP contribution in [0.1, 0.15) is 11.6 Å². The third-order valence-corrected chi connectivity index (χ3v) is 3.79. The fraction of sp³-hybridized carbons (Fsp3) is 0.312. The van der Waals surface area contributed by atoms with Crippen LogP contribution in [0.2, 0.25) is 0 Å². The van der Waals surface area contributed by atoms with Crippen molar-refractivity contribution in [3.8, 4) is 5.75 Å². The molecule has 0 spiro atoms. The summed E-state index contributed by atoms with van der Waals surface area (Å²) in [5.74, 6) is 1.61. The van der Waals surface area contributed by atoms with E-state index in [9.17, 15) is 0 Å². The normalized spacial score (nSPS) is 12.5. The Hall–Kier alpha value is -2.67. The Morgan fingerprint density at radius 1 is 1.26 bits per heavy atom. The quantitative estimate of drug-likeness (QED) is 0.725. The first-order valence-corrected chi connectivity index (χ1v) is 7.37. The summed E-state index contributed by atoms with van der Waals surface area (Å²) in [6.07, 6.45) is 3.14. The van der Waals surface area contributed by atoms with Crippen LogP contribution in [0.25, 0.3) is 11.2 Å². The maximum absolute atomic E-state index is 5.32. The van der Waals surface area contributed by atoms with Gasteiger partial charge in [0.2, 0.25) is 0 Å². The molecule has 0 aliphatic rings. The summed E-state index contributed by atoms with van der Waals surface area (Å²) in [6.45, 7) is 0.700. The monoisotopic (exact) mass is 312 g/mol. The number of nitrogens with zero attached hydrogens (tertiary/aromatic N) is 4. The molecule has 0 aliphatic heterocycles. The summed E-state index contributed by atoms with van der Waals surface area (Å²) in [6, 6.07) is 8.28. The molecule has 2 heterocycles. The zero-order valence-electron chi connectivity index (χ0n) is 13.4. The Morgan fingerprint density at radius 2 is 2.13 bits per heavy atom. The van der Waals surface area contributed by atoms with E-state index in [2.05, 4.69) is 56.4 Å². The highest BCUT2D eigenvalue weighted by Crippen LogP contribution is 2.24. The minimum absolute atomic E-state index is 0.179. The molecule has 23 heavy (non-hydrogen) atoms. The van der Waals surface area contributed by atoms with Crippen molar-refractivity contribution in [1.29, 1.82) is 0 Å². The van der Waals surface area contributed by atoms with Crippen LogP contribution in [-0.2, 0) is 0 Å². The minimum Gasteiger partial charge on any atom is -0.497 e. The number of anilines is 1. The van der Waals surface area contributed by atoms with Gasteiger partial charge in [-0.05, 0) is 31.8 Å². The molecule has 0 fully saturated rings. The summed E-state index contributed by atoms with van der Waals surface area (Å²) in [4.78, 5) is 17.8. The van der Waals surface area contributed by atoms with Crippen molar-refractivity contribution < 1.29 is 4.74 Å². The van der Waals surface area contributed by atoms with Crippen LogP contribution < -0.4 is 10.1 Å². The van der Waals surface area contributed by atoms with Gasteiger partial charge in [-0.3, -0.25) is 0 Å². The second kappa shape index (κ2) is 6.62. The van der Waals surface area contributed by atoms with Crippen molar-refractivity contribution in [2.24, 2.45) is 0 Å². The Kier molecular flexibility index (Phi) is 4.38. The molecule has 1 aromatic carbocycles. The van der Waals surface area contributed by atoms with E-state index in [0.29, 0.717) is 12.2 Å². The number of imidazole rings is 1. The second-order valence-electron chi connectivity index (χ2n) is 5.46. The highest BCUT2D eigenvalue weighted by molar-refractivity contribution is 5.81. The van der Waals surface area contributed by atoms with Gasteiger partial charge in [-0.15, -0.1) is 0 Å². The smallest absolute Gasteiger partial charge is 0.182 e. The summed E-state index contributed by atoms with van der Waals surface area (Å²) < 4.78 is 5.32. The van der Waals surface area contributed by atoms with E-state index in [1.807, 2.05) is 12.1 Å². The van der Waals surface area contributed by atoms with Crippen LogP contribution >= 0.6 is 0 Å². The fourth-order valence-corrected chi connectivity index (χ4v) is 2.54. The first-order valence-electron chi connectivity index (χ1n) is 7.37. The van der Waals surface area contributed by atoms with Crippen molar-refractivity contribution in [3.05, 3.63) is 42.5 Å². The van der Waals surface area contributed by atoms with Crippen LogP contribution in [0.15, 0.2) is 36.9 Å². The molecule has 0 aliphatic carbocycles. The van der Waals surface area contributed by atoms with Crippen LogP contribution in [0.4, 0.5) is 5.82 Å². The molecule has 3 rings (SSSR count). The number of ether oxygens (including phenoxy) is 1. The molecule has 0 saturated heterocycles. The number of hydrogen-bond acceptors (Lipinski definition) is 6. The molecule has 2 aromatic heterocycles. The number of rotatable bonds is 6. The highest BCUT2D eigenvalue weighted by Gasteiger charge is 2.16. The molecule has 1 atom stereocenters. The molecule has 7 heteroatoms. The largest absolute Gasteiger partial charge is 0.497 e. The molecule has 1 unspecified atom stereocenters. The van der Waals surface area contributed by atoms with Gasteiger partial charge in [0.05, 0.1) is 19.5 Å². The predicted molar refractivity (Wildman–Crippen MR) is 89.6 cm³/mol. The van der Waals surface area contributed by atoms with Gasteiger partial charge in [0.1, 0.15) is 17.6 Å². The maximum atomic E-state index is 5.32. The van der Waals surface area contributed by atoms with Gasteiger partial charge in [-0.2, -0.15) is 0 Å². The molecule has 2 N–H and O–H groups in total. The predicted octanol–water partition coefficient (Wildman–Crippen LogP) is 2.08. The molecule has 120 valence electrons. The van der Waals surface area contributed by atoms with E-state index < -0.39 is 0 Å². The van der Waals surface area contributed by atoms with Gasteiger partial charge in [-0.1, -0.05) is 12.1 Å². The van der Waals surface area contributed by atoms with E-state index in [1.54, 1.807) is 13.4 Å². The van der Waals surface area contributed by atoms with Crippen molar-refractivity contribution >= 4 is 17.0 Å². The Morgan fingerprint density at radius 3 is 2.91 bits per heavy atom. The molecular weight excluding hydrogens is 292 g/mol. The summed E-state index contributed by atoms with van der Waals surface area (Å²) in [5.41, 5.74) is 2.65. The molecule has 3 aromatic rings. The van der Waals surface area contributed by atoms with Gasteiger partial charge in [-0.25, -0.2) is 15.0 Å². The van der Waals surface area contributed by atoms with Crippen LogP contribution in [0, 0.1) is 0 Å². The topological polar surface area (TPSA) is 79.0 Å². The number of hydrogen-bond donors (Lipinski definition) is 2. The zero-order valence-corrected chi connectivity index (χ0v) is 13.4. The Balaban J connectivity index is 1.81. The summed E-state index contributed by atoms with van der Waals surface area (Å²) in [7, 11) is 5.78. The van der Waals surface area contributed by atoms with Gasteiger partial charge >= 0.3 is 0 Å². The second-order valence-corrected chi connectivity index (χ2v) is 5.46. The number of H-pyrrole nitrogens is 1. The number of methoxy groups -OCH3 is 1. The van der Waals surface area contributed by atoms with Crippen molar-refractivity contribution in [1.82, 2.24) is 24.8 Å². The summed E-state index contributed by atoms with van der Waals surface area (Å²) in [5, 5.41) is 3.39.